The average Bonchev–Trinajstić information content (AvgIpc) is 3.73. The van der Waals surface area contributed by atoms with Gasteiger partial charge < -0.3 is 19.4 Å². The molecule has 0 radical (unpaired) electrons. The van der Waals surface area contributed by atoms with Crippen molar-refractivity contribution in [2.75, 3.05) is 26.7 Å². The highest BCUT2D eigenvalue weighted by molar-refractivity contribution is 8.93. The molecule has 3 aliphatic heterocycles. The lowest BCUT2D eigenvalue weighted by Crippen LogP contribution is -2.51. The Hall–Kier alpha value is -3.35. The van der Waals surface area contributed by atoms with Gasteiger partial charge in [0, 0.05) is 29.6 Å². The summed E-state index contributed by atoms with van der Waals surface area (Å²) in [5.74, 6) is -0.839. The van der Waals surface area contributed by atoms with Crippen molar-refractivity contribution in [3.05, 3.63) is 63.4 Å². The molecule has 1 saturated heterocycles. The number of cyclic esters (lactones) is 1. The van der Waals surface area contributed by atoms with Gasteiger partial charge in [-0.2, -0.15) is 0 Å². The number of para-hydroxylation sites is 1. The van der Waals surface area contributed by atoms with Gasteiger partial charge in [-0.05, 0) is 31.7 Å². The van der Waals surface area contributed by atoms with E-state index in [1.165, 1.54) is 26.5 Å². The van der Waals surface area contributed by atoms with Gasteiger partial charge in [-0.15, -0.1) is 0 Å². The molecule has 1 fully saturated rings. The zero-order valence-corrected chi connectivity index (χ0v) is 23.0. The number of carbonyl (C=O) groups is 3. The van der Waals surface area contributed by atoms with Gasteiger partial charge in [0.05, 0.1) is 35.6 Å². The first kappa shape index (κ1) is 25.9. The van der Waals surface area contributed by atoms with Crippen molar-refractivity contribution in [2.24, 2.45) is 0 Å². The maximum absolute atomic E-state index is 13.7. The van der Waals surface area contributed by atoms with Gasteiger partial charge in [-0.3, -0.25) is 14.5 Å². The largest absolute Gasteiger partial charge is 0.457 e. The van der Waals surface area contributed by atoms with E-state index in [0.29, 0.717) is 30.0 Å². The maximum Gasteiger partial charge on any atom is 0.411 e. The van der Waals surface area contributed by atoms with E-state index in [4.69, 9.17) is 14.5 Å². The molecule has 202 valence electrons. The first-order valence-electron chi connectivity index (χ1n) is 12.7. The number of benzene rings is 1. The third-order valence-corrected chi connectivity index (χ3v) is 9.40. The highest BCUT2D eigenvalue weighted by Gasteiger charge is 2.51. The van der Waals surface area contributed by atoms with Crippen LogP contribution in [-0.2, 0) is 37.8 Å². The number of likely N-dealkylation sites (N-methyl/N-ethyl adjacent to an activating group) is 1. The van der Waals surface area contributed by atoms with Crippen LogP contribution < -0.4 is 10.9 Å². The number of ketones is 1. The summed E-state index contributed by atoms with van der Waals surface area (Å²) >= 11 is 0. The average molecular weight is 567 g/mol. The van der Waals surface area contributed by atoms with Crippen molar-refractivity contribution in [2.45, 2.75) is 36.7 Å². The summed E-state index contributed by atoms with van der Waals surface area (Å²) < 4.78 is 12.8. The highest BCUT2D eigenvalue weighted by atomic mass is 33.2. The van der Waals surface area contributed by atoms with E-state index >= 15 is 0 Å². The number of hydrogen-bond donors (Lipinski definition) is 1. The van der Waals surface area contributed by atoms with Crippen molar-refractivity contribution in [1.29, 1.82) is 0 Å². The first-order valence-corrected chi connectivity index (χ1v) is 14.9. The van der Waals surface area contributed by atoms with Gasteiger partial charge in [0.25, 0.3) is 5.56 Å². The van der Waals surface area contributed by atoms with Crippen molar-refractivity contribution < 1.29 is 23.9 Å². The molecule has 3 aromatic rings. The smallest absolute Gasteiger partial charge is 0.411 e. The summed E-state index contributed by atoms with van der Waals surface area (Å²) in [6.07, 6.45) is -0.765. The van der Waals surface area contributed by atoms with Gasteiger partial charge in [0.2, 0.25) is 5.60 Å². The normalized spacial score (nSPS) is 19.2. The van der Waals surface area contributed by atoms with Crippen LogP contribution in [-0.4, -0.2) is 63.6 Å². The van der Waals surface area contributed by atoms with E-state index < -0.39 is 17.7 Å². The predicted octanol–water partition coefficient (Wildman–Crippen LogP) is 3.04. The van der Waals surface area contributed by atoms with Crippen LogP contribution in [0.3, 0.4) is 0 Å². The Morgan fingerprint density at radius 1 is 1.26 bits per heavy atom. The number of rotatable bonds is 8. The van der Waals surface area contributed by atoms with Crippen LogP contribution in [0, 0.1) is 0 Å². The summed E-state index contributed by atoms with van der Waals surface area (Å²) in [4.78, 5) is 59.1. The molecule has 2 aromatic heterocycles. The standard InChI is InChI=1S/C27H26N4O6S2/c1-3-27(37-26(35)30(9-8-28-2)13-21(32)24-38-39-24)18-11-20-22-16(10-15-6-4-5-7-19(15)29-22)12-31(20)23(33)17(18)14-36-25(27)34/h4-7,10-11,24,28H,3,8-9,12-14H2,1-2H3/t27-/m0/s1. The Bertz CT molecular complexity index is 1590. The topological polar surface area (TPSA) is 120 Å². The molecule has 0 aliphatic carbocycles. The second kappa shape index (κ2) is 10.00. The molecule has 5 heterocycles. The molecule has 1 N–H and O–H groups in total. The number of esters is 1. The van der Waals surface area contributed by atoms with Crippen LogP contribution >= 0.6 is 21.6 Å². The zero-order chi connectivity index (χ0) is 27.3. The van der Waals surface area contributed by atoms with E-state index in [0.717, 1.165) is 16.5 Å². The minimum Gasteiger partial charge on any atom is -0.457 e. The minimum atomic E-state index is -1.83. The number of hydrogen-bond acceptors (Lipinski definition) is 10. The second-order valence-corrected chi connectivity index (χ2v) is 12.4. The molecule has 10 nitrogen and oxygen atoms in total. The molecular formula is C27H26N4O6S2. The maximum atomic E-state index is 13.7. The monoisotopic (exact) mass is 566 g/mol. The van der Waals surface area contributed by atoms with Crippen LogP contribution in [0.2, 0.25) is 0 Å². The molecule has 1 aromatic carbocycles. The summed E-state index contributed by atoms with van der Waals surface area (Å²) in [5, 5.41) is 3.94. The van der Waals surface area contributed by atoms with Gasteiger partial charge in [0.1, 0.15) is 11.2 Å². The van der Waals surface area contributed by atoms with Crippen molar-refractivity contribution in [3.8, 4) is 11.4 Å². The van der Waals surface area contributed by atoms with E-state index in [1.807, 2.05) is 30.3 Å². The Morgan fingerprint density at radius 3 is 2.79 bits per heavy atom. The number of pyridine rings is 2. The summed E-state index contributed by atoms with van der Waals surface area (Å²) in [5.41, 5.74) is 1.35. The van der Waals surface area contributed by atoms with Crippen molar-refractivity contribution >= 4 is 50.3 Å². The molecule has 3 aliphatic rings. The Kier molecular flexibility index (Phi) is 6.64. The first-order chi connectivity index (χ1) is 18.9. The molecule has 39 heavy (non-hydrogen) atoms. The molecule has 0 unspecified atom stereocenters. The molecular weight excluding hydrogens is 540 g/mol. The van der Waals surface area contributed by atoms with E-state index in [-0.39, 0.29) is 47.6 Å². The summed E-state index contributed by atoms with van der Waals surface area (Å²) in [6.45, 7) is 2.34. The third-order valence-electron chi connectivity index (χ3n) is 7.34. The summed E-state index contributed by atoms with van der Waals surface area (Å²) in [6, 6.07) is 11.5. The number of aromatic nitrogens is 2. The number of amides is 1. The van der Waals surface area contributed by atoms with Crippen LogP contribution in [0.4, 0.5) is 4.79 Å². The molecule has 6 rings (SSSR count). The van der Waals surface area contributed by atoms with Crippen molar-refractivity contribution in [3.63, 3.8) is 0 Å². The van der Waals surface area contributed by atoms with Gasteiger partial charge >= 0.3 is 12.1 Å². The fourth-order valence-corrected chi connectivity index (χ4v) is 6.41. The minimum absolute atomic E-state index is 0.0492. The van der Waals surface area contributed by atoms with Crippen LogP contribution in [0.5, 0.6) is 0 Å². The van der Waals surface area contributed by atoms with Crippen LogP contribution in [0.1, 0.15) is 30.0 Å². The fourth-order valence-electron chi connectivity index (χ4n) is 5.18. The van der Waals surface area contributed by atoms with Crippen LogP contribution in [0.25, 0.3) is 22.3 Å². The van der Waals surface area contributed by atoms with Crippen LogP contribution in [0.15, 0.2) is 41.2 Å². The number of nitrogens with zero attached hydrogens (tertiary/aromatic N) is 3. The SMILES string of the molecule is CC[C@@]1(OC(=O)N(CCNC)CC(=O)C2SS2)C(=O)OCc2c1cc1n(c2=O)Cc2cc3ccccc3nc2-1. The number of fused-ring (bicyclic) bond motifs is 5. The second-order valence-electron chi connectivity index (χ2n) is 9.64. The van der Waals surface area contributed by atoms with Gasteiger partial charge in [-0.25, -0.2) is 14.6 Å². The highest BCUT2D eigenvalue weighted by Crippen LogP contribution is 2.53. The zero-order valence-electron chi connectivity index (χ0n) is 21.4. The summed E-state index contributed by atoms with van der Waals surface area (Å²) in [7, 11) is 4.64. The molecule has 0 spiro atoms. The molecule has 1 atom stereocenters. The van der Waals surface area contributed by atoms with E-state index in [9.17, 15) is 19.2 Å². The number of Topliss-reactive ketones (excluding diaryl/α,β-unsaturated/α-hetero) is 1. The lowest BCUT2D eigenvalue weighted by atomic mass is 9.85. The number of carbonyl (C=O) groups excluding carboxylic acids is 3. The number of ether oxygens (including phenoxy) is 2. The predicted molar refractivity (Wildman–Crippen MR) is 148 cm³/mol. The molecule has 12 heteroatoms. The third kappa shape index (κ3) is 4.40. The Morgan fingerprint density at radius 2 is 2.05 bits per heavy atom. The molecule has 0 saturated carbocycles. The van der Waals surface area contributed by atoms with Gasteiger partial charge in [0.15, 0.2) is 5.78 Å². The van der Waals surface area contributed by atoms with E-state index in [2.05, 4.69) is 5.32 Å². The lowest BCUT2D eigenvalue weighted by Gasteiger charge is -2.37. The molecule has 0 bridgehead atoms. The Labute approximate surface area is 231 Å². The lowest BCUT2D eigenvalue weighted by molar-refractivity contribution is -0.173. The fraction of sp³-hybridized carbons (Fsp3) is 0.370. The van der Waals surface area contributed by atoms with Crippen molar-refractivity contribution in [1.82, 2.24) is 19.8 Å². The molecule has 1 amide bonds. The number of nitrogens with one attached hydrogen (secondary N) is 1. The van der Waals surface area contributed by atoms with Gasteiger partial charge in [-0.1, -0.05) is 46.7 Å². The van der Waals surface area contributed by atoms with E-state index in [1.54, 1.807) is 24.6 Å². The quantitative estimate of drug-likeness (QED) is 0.194. The Balaban J connectivity index is 1.42.